The molecule has 25 heavy (non-hydrogen) atoms. The van der Waals surface area contributed by atoms with E-state index in [0.29, 0.717) is 17.1 Å². The second kappa shape index (κ2) is 8.68. The van der Waals surface area contributed by atoms with E-state index in [2.05, 4.69) is 5.32 Å². The van der Waals surface area contributed by atoms with Crippen LogP contribution in [0.1, 0.15) is 15.9 Å². The van der Waals surface area contributed by atoms with Gasteiger partial charge in [0, 0.05) is 12.1 Å². The number of carbonyl (C=O) groups is 2. The minimum absolute atomic E-state index is 0.0133. The predicted octanol–water partition coefficient (Wildman–Crippen LogP) is 2.32. The third kappa shape index (κ3) is 4.94. The first-order valence-electron chi connectivity index (χ1n) is 7.44. The predicted molar refractivity (Wildman–Crippen MR) is 88.1 cm³/mol. The van der Waals surface area contributed by atoms with Gasteiger partial charge in [0.15, 0.2) is 18.1 Å². The highest BCUT2D eigenvalue weighted by Gasteiger charge is 2.14. The second-order valence-corrected chi connectivity index (χ2v) is 5.01. The maximum Gasteiger partial charge on any atom is 0.338 e. The first-order valence-corrected chi connectivity index (χ1v) is 7.44. The van der Waals surface area contributed by atoms with Gasteiger partial charge in [-0.2, -0.15) is 0 Å². The lowest BCUT2D eigenvalue weighted by Gasteiger charge is -2.10. The third-order valence-electron chi connectivity index (χ3n) is 3.39. The van der Waals surface area contributed by atoms with Crippen LogP contribution in [0, 0.1) is 5.82 Å². The number of hydrogen-bond donors (Lipinski definition) is 1. The minimum atomic E-state index is -0.679. The summed E-state index contributed by atoms with van der Waals surface area (Å²) < 4.78 is 28.6. The lowest BCUT2D eigenvalue weighted by atomic mass is 10.2. The highest BCUT2D eigenvalue weighted by molar-refractivity contribution is 5.92. The number of amides is 1. The van der Waals surface area contributed by atoms with Crippen LogP contribution in [0.2, 0.25) is 0 Å². The van der Waals surface area contributed by atoms with Gasteiger partial charge in [-0.05, 0) is 24.3 Å². The molecule has 0 aliphatic carbocycles. The maximum absolute atomic E-state index is 13.4. The van der Waals surface area contributed by atoms with Gasteiger partial charge in [0.25, 0.3) is 5.91 Å². The van der Waals surface area contributed by atoms with Crippen LogP contribution in [0.5, 0.6) is 11.5 Å². The van der Waals surface area contributed by atoms with Crippen molar-refractivity contribution in [2.75, 3.05) is 20.8 Å². The van der Waals surface area contributed by atoms with Crippen molar-refractivity contribution in [2.24, 2.45) is 0 Å². The molecule has 2 aromatic carbocycles. The van der Waals surface area contributed by atoms with E-state index >= 15 is 0 Å². The van der Waals surface area contributed by atoms with Crippen molar-refractivity contribution in [1.82, 2.24) is 5.32 Å². The Morgan fingerprint density at radius 1 is 1.04 bits per heavy atom. The molecule has 0 bridgehead atoms. The molecule has 0 atom stereocenters. The van der Waals surface area contributed by atoms with Crippen molar-refractivity contribution in [3.63, 3.8) is 0 Å². The fraction of sp³-hybridized carbons (Fsp3) is 0.222. The number of methoxy groups -OCH3 is 2. The van der Waals surface area contributed by atoms with E-state index in [4.69, 9.17) is 14.2 Å². The standard InChI is InChI=1S/C18H18FNO5/c1-23-15-8-7-12(9-16(15)24-2)18(22)25-11-17(21)20-10-13-5-3-4-6-14(13)19/h3-9H,10-11H2,1-2H3,(H,20,21). The zero-order chi connectivity index (χ0) is 18.2. The van der Waals surface area contributed by atoms with Gasteiger partial charge in [0.1, 0.15) is 5.82 Å². The molecule has 0 saturated carbocycles. The van der Waals surface area contributed by atoms with Gasteiger partial charge in [0.2, 0.25) is 0 Å². The third-order valence-corrected chi connectivity index (χ3v) is 3.39. The fourth-order valence-corrected chi connectivity index (χ4v) is 2.06. The Kier molecular flexibility index (Phi) is 6.33. The van der Waals surface area contributed by atoms with E-state index in [9.17, 15) is 14.0 Å². The van der Waals surface area contributed by atoms with E-state index in [1.807, 2.05) is 0 Å². The summed E-state index contributed by atoms with van der Waals surface area (Å²) >= 11 is 0. The molecule has 0 unspecified atom stereocenters. The summed E-state index contributed by atoms with van der Waals surface area (Å²) in [7, 11) is 2.93. The summed E-state index contributed by atoms with van der Waals surface area (Å²) in [6, 6.07) is 10.6. The van der Waals surface area contributed by atoms with E-state index in [1.54, 1.807) is 24.3 Å². The number of rotatable bonds is 7. The summed E-state index contributed by atoms with van der Waals surface area (Å²) in [6.07, 6.45) is 0. The molecule has 2 rings (SSSR count). The Morgan fingerprint density at radius 3 is 2.44 bits per heavy atom. The Morgan fingerprint density at radius 2 is 1.76 bits per heavy atom. The van der Waals surface area contributed by atoms with Crippen LogP contribution in [0.25, 0.3) is 0 Å². The zero-order valence-electron chi connectivity index (χ0n) is 13.9. The summed E-state index contributed by atoms with van der Waals surface area (Å²) in [5, 5.41) is 2.49. The van der Waals surface area contributed by atoms with Crippen molar-refractivity contribution < 1.29 is 28.2 Å². The van der Waals surface area contributed by atoms with Gasteiger partial charge in [-0.3, -0.25) is 4.79 Å². The van der Waals surface area contributed by atoms with Gasteiger partial charge in [-0.15, -0.1) is 0 Å². The number of esters is 1. The van der Waals surface area contributed by atoms with Crippen LogP contribution in [-0.2, 0) is 16.1 Å². The Bertz CT molecular complexity index is 763. The summed E-state index contributed by atoms with van der Waals surface area (Å²) in [4.78, 5) is 23.7. The molecule has 0 fully saturated rings. The SMILES string of the molecule is COc1ccc(C(=O)OCC(=O)NCc2ccccc2F)cc1OC. The number of halogens is 1. The molecular formula is C18H18FNO5. The quantitative estimate of drug-likeness (QED) is 0.778. The molecule has 0 spiro atoms. The molecule has 2 aromatic rings. The molecule has 0 radical (unpaired) electrons. The minimum Gasteiger partial charge on any atom is -0.493 e. The zero-order valence-corrected chi connectivity index (χ0v) is 13.9. The maximum atomic E-state index is 13.4. The van der Waals surface area contributed by atoms with E-state index < -0.39 is 24.3 Å². The molecule has 1 N–H and O–H groups in total. The fourth-order valence-electron chi connectivity index (χ4n) is 2.06. The van der Waals surface area contributed by atoms with Crippen LogP contribution >= 0.6 is 0 Å². The number of ether oxygens (including phenoxy) is 3. The average Bonchev–Trinajstić information content (AvgIpc) is 2.64. The summed E-state index contributed by atoms with van der Waals surface area (Å²) in [6.45, 7) is -0.457. The van der Waals surface area contributed by atoms with Crippen LogP contribution in [0.15, 0.2) is 42.5 Å². The van der Waals surface area contributed by atoms with Gasteiger partial charge < -0.3 is 19.5 Å². The van der Waals surface area contributed by atoms with E-state index in [0.717, 1.165) is 0 Å². The Labute approximate surface area is 144 Å². The van der Waals surface area contributed by atoms with Crippen LogP contribution in [-0.4, -0.2) is 32.7 Å². The monoisotopic (exact) mass is 347 g/mol. The molecule has 132 valence electrons. The highest BCUT2D eigenvalue weighted by Crippen LogP contribution is 2.27. The second-order valence-electron chi connectivity index (χ2n) is 5.01. The molecule has 6 nitrogen and oxygen atoms in total. The topological polar surface area (TPSA) is 73.9 Å². The first-order chi connectivity index (χ1) is 12.0. The van der Waals surface area contributed by atoms with Gasteiger partial charge in [-0.25, -0.2) is 9.18 Å². The molecule has 0 saturated heterocycles. The van der Waals surface area contributed by atoms with Crippen LogP contribution in [0.4, 0.5) is 4.39 Å². The van der Waals surface area contributed by atoms with Gasteiger partial charge in [0.05, 0.1) is 19.8 Å². The Hall–Kier alpha value is -3.09. The molecule has 0 aliphatic heterocycles. The number of hydrogen-bond acceptors (Lipinski definition) is 5. The van der Waals surface area contributed by atoms with Crippen molar-refractivity contribution in [1.29, 1.82) is 0 Å². The summed E-state index contributed by atoms with van der Waals surface area (Å²) in [5.74, 6) is -0.771. The normalized spacial score (nSPS) is 10.0. The van der Waals surface area contributed by atoms with E-state index in [1.165, 1.54) is 32.4 Å². The number of carbonyl (C=O) groups excluding carboxylic acids is 2. The molecule has 1 amide bonds. The number of nitrogens with one attached hydrogen (secondary N) is 1. The molecule has 0 aliphatic rings. The molecular weight excluding hydrogens is 329 g/mol. The van der Waals surface area contributed by atoms with Crippen LogP contribution < -0.4 is 14.8 Å². The van der Waals surface area contributed by atoms with Crippen molar-refractivity contribution in [3.8, 4) is 11.5 Å². The number of benzene rings is 2. The van der Waals surface area contributed by atoms with Crippen molar-refractivity contribution in [2.45, 2.75) is 6.54 Å². The molecule has 7 heteroatoms. The molecule has 0 aromatic heterocycles. The first kappa shape index (κ1) is 18.3. The van der Waals surface area contributed by atoms with E-state index in [-0.39, 0.29) is 12.1 Å². The average molecular weight is 347 g/mol. The molecule has 0 heterocycles. The van der Waals surface area contributed by atoms with Gasteiger partial charge >= 0.3 is 5.97 Å². The van der Waals surface area contributed by atoms with Crippen LogP contribution in [0.3, 0.4) is 0 Å². The lowest BCUT2D eigenvalue weighted by molar-refractivity contribution is -0.124. The van der Waals surface area contributed by atoms with Gasteiger partial charge in [-0.1, -0.05) is 18.2 Å². The smallest absolute Gasteiger partial charge is 0.338 e. The Balaban J connectivity index is 1.87. The lowest BCUT2D eigenvalue weighted by Crippen LogP contribution is -2.28. The largest absolute Gasteiger partial charge is 0.493 e. The van der Waals surface area contributed by atoms with Crippen molar-refractivity contribution >= 4 is 11.9 Å². The summed E-state index contributed by atoms with van der Waals surface area (Å²) in [5.41, 5.74) is 0.571. The highest BCUT2D eigenvalue weighted by atomic mass is 19.1. The van der Waals surface area contributed by atoms with Crippen molar-refractivity contribution in [3.05, 3.63) is 59.4 Å².